The fourth-order valence-electron chi connectivity index (χ4n) is 6.99. The number of fused-ring (bicyclic) bond motifs is 1. The Hall–Kier alpha value is -1.44. The van der Waals surface area contributed by atoms with E-state index < -0.39 is 17.4 Å². The summed E-state index contributed by atoms with van der Waals surface area (Å²) >= 11 is 0. The van der Waals surface area contributed by atoms with Crippen LogP contribution in [0.1, 0.15) is 90.4 Å². The van der Waals surface area contributed by atoms with E-state index in [2.05, 4.69) is 19.6 Å². The van der Waals surface area contributed by atoms with E-state index in [1.807, 2.05) is 18.2 Å². The molecule has 0 aromatic heterocycles. The Labute approximate surface area is 193 Å². The number of alkyl halides is 1. The van der Waals surface area contributed by atoms with Gasteiger partial charge in [-0.2, -0.15) is 0 Å². The van der Waals surface area contributed by atoms with Gasteiger partial charge in [0, 0.05) is 10.6 Å². The molecule has 32 heavy (non-hydrogen) atoms. The van der Waals surface area contributed by atoms with Crippen molar-refractivity contribution in [2.75, 3.05) is 0 Å². The minimum Gasteiger partial charge on any atom is -0.239 e. The molecule has 0 aliphatic heterocycles. The molecule has 1 aromatic rings. The molecule has 2 saturated carbocycles. The van der Waals surface area contributed by atoms with Crippen LogP contribution < -0.4 is 10.4 Å². The topological polar surface area (TPSA) is 0 Å². The Balaban J connectivity index is 1.38. The zero-order valence-electron chi connectivity index (χ0n) is 20.0. The zero-order chi connectivity index (χ0) is 22.6. The fraction of sp³-hybridized carbons (Fsp3) is 0.667. The van der Waals surface area contributed by atoms with Gasteiger partial charge < -0.3 is 0 Å². The maximum absolute atomic E-state index is 15.5. The maximum atomic E-state index is 15.5. The summed E-state index contributed by atoms with van der Waals surface area (Å²) < 4.78 is 30.6. The van der Waals surface area contributed by atoms with Crippen molar-refractivity contribution in [3.05, 3.63) is 47.4 Å². The van der Waals surface area contributed by atoms with Crippen LogP contribution in [-0.2, 0) is 0 Å². The highest BCUT2D eigenvalue weighted by molar-refractivity contribution is 5.54. The molecule has 3 aliphatic rings. The minimum atomic E-state index is -1.54. The number of rotatable bonds is 8. The molecule has 3 aliphatic carbocycles. The summed E-state index contributed by atoms with van der Waals surface area (Å²) in [5.74, 6) is 2.92. The lowest BCUT2D eigenvalue weighted by atomic mass is 9.66. The molecule has 2 heteroatoms. The van der Waals surface area contributed by atoms with Crippen molar-refractivity contribution in [3.63, 3.8) is 0 Å². The Bertz CT molecular complexity index is 870. The second kappa shape index (κ2) is 10.7. The van der Waals surface area contributed by atoms with E-state index in [1.54, 1.807) is 12.1 Å². The first-order valence-electron chi connectivity index (χ1n) is 13.3. The number of benzene rings is 1. The summed E-state index contributed by atoms with van der Waals surface area (Å²) in [5.41, 5.74) is -0.734. The average Bonchev–Trinajstić information content (AvgIpc) is 2.85. The Kier molecular flexibility index (Phi) is 7.90. The van der Waals surface area contributed by atoms with Crippen molar-refractivity contribution in [2.45, 2.75) is 96.6 Å². The lowest BCUT2D eigenvalue weighted by Crippen LogP contribution is -2.43. The molecule has 0 amide bonds. The Morgan fingerprint density at radius 1 is 0.938 bits per heavy atom. The van der Waals surface area contributed by atoms with Crippen LogP contribution >= 0.6 is 0 Å². The highest BCUT2D eigenvalue weighted by Crippen LogP contribution is 2.47. The molecule has 0 spiro atoms. The molecule has 4 rings (SSSR count). The van der Waals surface area contributed by atoms with E-state index in [-0.39, 0.29) is 0 Å². The second-order valence-corrected chi connectivity index (χ2v) is 11.0. The molecule has 0 saturated heterocycles. The first-order chi connectivity index (χ1) is 15.6. The molecule has 0 bridgehead atoms. The third-order valence-corrected chi connectivity index (χ3v) is 9.25. The van der Waals surface area contributed by atoms with E-state index >= 15 is 8.78 Å². The molecule has 2 unspecified atom stereocenters. The fourth-order valence-corrected chi connectivity index (χ4v) is 6.99. The highest BCUT2D eigenvalue weighted by Gasteiger charge is 2.42. The number of halogens is 2. The first kappa shape index (κ1) is 23.7. The second-order valence-electron chi connectivity index (χ2n) is 11.0. The van der Waals surface area contributed by atoms with Gasteiger partial charge in [0.15, 0.2) is 6.17 Å². The summed E-state index contributed by atoms with van der Waals surface area (Å²) in [5, 5.41) is 1.29. The average molecular weight is 441 g/mol. The normalized spacial score (nSPS) is 35.1. The summed E-state index contributed by atoms with van der Waals surface area (Å²) in [6, 6.07) is 7.36. The maximum Gasteiger partial charge on any atom is 0.161 e. The van der Waals surface area contributed by atoms with Crippen LogP contribution in [0.25, 0.3) is 11.9 Å². The van der Waals surface area contributed by atoms with Crippen molar-refractivity contribution in [1.82, 2.24) is 0 Å². The van der Waals surface area contributed by atoms with E-state index in [0.717, 1.165) is 42.2 Å². The van der Waals surface area contributed by atoms with E-state index in [4.69, 9.17) is 0 Å². The standard InChI is InChI=1S/C30H42F2/c1-3-5-19-30(21-26-8-6-7-9-27(26)28(31)29(30)32)20-18-23-12-16-25(17-13-23)24-14-10-22(4-2)11-15-24/h3,6-9,21-25,29H,1,4-5,10-20H2,2H3. The van der Waals surface area contributed by atoms with Crippen molar-refractivity contribution in [1.29, 1.82) is 0 Å². The van der Waals surface area contributed by atoms with Crippen LogP contribution in [0.4, 0.5) is 8.78 Å². The number of hydrogen-bond donors (Lipinski definition) is 0. The predicted octanol–water partition coefficient (Wildman–Crippen LogP) is 7.65. The Morgan fingerprint density at radius 2 is 1.56 bits per heavy atom. The smallest absolute Gasteiger partial charge is 0.161 e. The predicted molar refractivity (Wildman–Crippen MR) is 132 cm³/mol. The SMILES string of the molecule is C=CCCC1(CCC2CCC(C3CCC(CC)CC3)CC2)C=c2ccccc2=C(F)C1F. The molecule has 176 valence electrons. The van der Waals surface area contributed by atoms with Gasteiger partial charge in [-0.3, -0.25) is 0 Å². The summed E-state index contributed by atoms with van der Waals surface area (Å²) in [6.45, 7) is 6.18. The molecule has 2 atom stereocenters. The van der Waals surface area contributed by atoms with Crippen LogP contribution in [0.5, 0.6) is 0 Å². The van der Waals surface area contributed by atoms with Gasteiger partial charge in [0.2, 0.25) is 0 Å². The zero-order valence-corrected chi connectivity index (χ0v) is 20.0. The van der Waals surface area contributed by atoms with Gasteiger partial charge in [-0.1, -0.05) is 75.4 Å². The van der Waals surface area contributed by atoms with Crippen molar-refractivity contribution >= 4 is 11.9 Å². The van der Waals surface area contributed by atoms with Gasteiger partial charge in [0.05, 0.1) is 0 Å². The molecule has 2 fully saturated rings. The van der Waals surface area contributed by atoms with Crippen molar-refractivity contribution in [3.8, 4) is 0 Å². The van der Waals surface area contributed by atoms with Crippen LogP contribution in [-0.4, -0.2) is 6.17 Å². The molecule has 0 nitrogen and oxygen atoms in total. The van der Waals surface area contributed by atoms with Crippen LogP contribution in [0.15, 0.2) is 36.9 Å². The van der Waals surface area contributed by atoms with Gasteiger partial charge >= 0.3 is 0 Å². The quantitative estimate of drug-likeness (QED) is 0.364. The molecule has 0 heterocycles. The summed E-state index contributed by atoms with van der Waals surface area (Å²) in [7, 11) is 0. The highest BCUT2D eigenvalue weighted by atomic mass is 19.2. The van der Waals surface area contributed by atoms with Crippen molar-refractivity contribution < 1.29 is 8.78 Å². The van der Waals surface area contributed by atoms with Crippen LogP contribution in [0.2, 0.25) is 0 Å². The lowest BCUT2D eigenvalue weighted by Gasteiger charge is -2.40. The number of allylic oxidation sites excluding steroid dienone is 1. The molecule has 0 N–H and O–H groups in total. The van der Waals surface area contributed by atoms with Crippen molar-refractivity contribution in [2.24, 2.45) is 29.1 Å². The van der Waals surface area contributed by atoms with E-state index in [1.165, 1.54) is 57.8 Å². The van der Waals surface area contributed by atoms with Crippen LogP contribution in [0.3, 0.4) is 0 Å². The largest absolute Gasteiger partial charge is 0.239 e. The van der Waals surface area contributed by atoms with Gasteiger partial charge in [0.25, 0.3) is 0 Å². The minimum absolute atomic E-state index is 0.438. The first-order valence-corrected chi connectivity index (χ1v) is 13.3. The van der Waals surface area contributed by atoms with E-state index in [0.29, 0.717) is 17.6 Å². The molecular weight excluding hydrogens is 398 g/mol. The monoisotopic (exact) mass is 440 g/mol. The van der Waals surface area contributed by atoms with Crippen LogP contribution in [0, 0.1) is 29.1 Å². The third kappa shape index (κ3) is 5.05. The van der Waals surface area contributed by atoms with Gasteiger partial charge in [-0.25, -0.2) is 8.78 Å². The molecule has 1 aromatic carbocycles. The number of hydrogen-bond acceptors (Lipinski definition) is 0. The molecule has 0 radical (unpaired) electrons. The summed E-state index contributed by atoms with van der Waals surface area (Å²) in [4.78, 5) is 0. The van der Waals surface area contributed by atoms with Gasteiger partial charge in [-0.05, 0) is 80.3 Å². The van der Waals surface area contributed by atoms with Gasteiger partial charge in [-0.15, -0.1) is 6.58 Å². The lowest BCUT2D eigenvalue weighted by molar-refractivity contribution is 0.126. The molecular formula is C30H42F2. The van der Waals surface area contributed by atoms with E-state index in [9.17, 15) is 0 Å². The summed E-state index contributed by atoms with van der Waals surface area (Å²) in [6.07, 6.45) is 17.8. The third-order valence-electron chi connectivity index (χ3n) is 9.25. The Morgan fingerprint density at radius 3 is 2.19 bits per heavy atom. The van der Waals surface area contributed by atoms with Gasteiger partial charge in [0.1, 0.15) is 5.83 Å².